The molecule has 0 saturated heterocycles. The van der Waals surface area contributed by atoms with Crippen LogP contribution in [0.3, 0.4) is 0 Å². The molecule has 1 aliphatic rings. The van der Waals surface area contributed by atoms with Crippen LogP contribution in [-0.2, 0) is 27.4 Å². The summed E-state index contributed by atoms with van der Waals surface area (Å²) in [7, 11) is 1.48. The molecular weight excluding hydrogens is 316 g/mol. The Morgan fingerprint density at radius 2 is 1.60 bits per heavy atom. The Kier molecular flexibility index (Phi) is 5.46. The van der Waals surface area contributed by atoms with Crippen molar-refractivity contribution >= 4 is 11.9 Å². The highest BCUT2D eigenvalue weighted by molar-refractivity contribution is 5.91. The minimum Gasteiger partial charge on any atom is -0.465 e. The summed E-state index contributed by atoms with van der Waals surface area (Å²) in [5.74, 6) is -0.350. The number of amidine groups is 1. The minimum atomic E-state index is -0.350. The number of methoxy groups -OCH3 is 1. The van der Waals surface area contributed by atoms with Crippen LogP contribution in [0.1, 0.15) is 18.1 Å². The number of nitrogens with zero attached hydrogens (tertiary/aromatic N) is 2. The number of rotatable bonds is 3. The molecule has 0 aliphatic carbocycles. The van der Waals surface area contributed by atoms with Crippen molar-refractivity contribution in [2.75, 3.05) is 20.3 Å². The average Bonchev–Trinajstić information content (AvgIpc) is 2.78. The van der Waals surface area contributed by atoms with Gasteiger partial charge in [-0.25, -0.2) is 0 Å². The summed E-state index contributed by atoms with van der Waals surface area (Å²) in [5, 5.41) is 0. The summed E-state index contributed by atoms with van der Waals surface area (Å²) in [4.78, 5) is 18.1. The molecule has 1 aliphatic heterocycles. The van der Waals surface area contributed by atoms with Crippen LogP contribution in [0.25, 0.3) is 11.1 Å². The fraction of sp³-hybridized carbons (Fsp3) is 0.300. The second-order valence-electron chi connectivity index (χ2n) is 5.82. The van der Waals surface area contributed by atoms with E-state index in [-0.39, 0.29) is 12.5 Å². The largest absolute Gasteiger partial charge is 0.465 e. The molecule has 0 aromatic heterocycles. The SMILES string of the molecule is CCOC(=NC(=O)COC)N1Cc2ccccc2-c2ccccc2C1. The first-order valence-corrected chi connectivity index (χ1v) is 8.37. The highest BCUT2D eigenvalue weighted by atomic mass is 16.5. The van der Waals surface area contributed by atoms with Gasteiger partial charge in [0.1, 0.15) is 6.61 Å². The van der Waals surface area contributed by atoms with Gasteiger partial charge in [-0.1, -0.05) is 48.5 Å². The molecule has 1 amide bonds. The number of benzene rings is 2. The molecule has 5 heteroatoms. The van der Waals surface area contributed by atoms with E-state index in [0.717, 1.165) is 0 Å². The van der Waals surface area contributed by atoms with Gasteiger partial charge in [-0.15, -0.1) is 0 Å². The summed E-state index contributed by atoms with van der Waals surface area (Å²) >= 11 is 0. The third-order valence-corrected chi connectivity index (χ3v) is 4.08. The molecule has 0 saturated carbocycles. The Morgan fingerprint density at radius 1 is 1.04 bits per heavy atom. The number of fused-ring (bicyclic) bond motifs is 3. The molecule has 0 N–H and O–H groups in total. The standard InChI is InChI=1S/C20H22N2O3/c1-3-25-20(21-19(23)14-24-2)22-12-15-8-4-6-10-17(15)18-11-7-5-9-16(18)13-22/h4-11H,3,12-14H2,1-2H3. The van der Waals surface area contributed by atoms with Crippen molar-refractivity contribution in [1.82, 2.24) is 4.90 Å². The predicted molar refractivity (Wildman–Crippen MR) is 97.1 cm³/mol. The number of amides is 1. The van der Waals surface area contributed by atoms with Gasteiger partial charge in [0, 0.05) is 20.2 Å². The Bertz CT molecular complexity index is 739. The van der Waals surface area contributed by atoms with Crippen molar-refractivity contribution in [3.63, 3.8) is 0 Å². The maximum Gasteiger partial charge on any atom is 0.295 e. The van der Waals surface area contributed by atoms with Gasteiger partial charge in [0.15, 0.2) is 0 Å². The molecule has 0 unspecified atom stereocenters. The lowest BCUT2D eigenvalue weighted by atomic mass is 9.97. The van der Waals surface area contributed by atoms with Crippen LogP contribution in [0.15, 0.2) is 53.5 Å². The number of ether oxygens (including phenoxy) is 2. The third kappa shape index (κ3) is 3.88. The van der Waals surface area contributed by atoms with Gasteiger partial charge in [0.05, 0.1) is 6.61 Å². The highest BCUT2D eigenvalue weighted by Gasteiger charge is 2.22. The third-order valence-electron chi connectivity index (χ3n) is 4.08. The van der Waals surface area contributed by atoms with Crippen LogP contribution in [0.2, 0.25) is 0 Å². The van der Waals surface area contributed by atoms with E-state index in [1.54, 1.807) is 0 Å². The zero-order valence-corrected chi connectivity index (χ0v) is 14.6. The van der Waals surface area contributed by atoms with Gasteiger partial charge in [0.25, 0.3) is 11.9 Å². The Labute approximate surface area is 147 Å². The molecule has 25 heavy (non-hydrogen) atoms. The average molecular weight is 338 g/mol. The summed E-state index contributed by atoms with van der Waals surface area (Å²) in [5.41, 5.74) is 4.78. The van der Waals surface area contributed by atoms with Crippen molar-refractivity contribution in [1.29, 1.82) is 0 Å². The maximum absolute atomic E-state index is 11.9. The van der Waals surface area contributed by atoms with E-state index in [9.17, 15) is 4.79 Å². The molecular formula is C20H22N2O3. The maximum atomic E-state index is 11.9. The molecule has 0 bridgehead atoms. The lowest BCUT2D eigenvalue weighted by Gasteiger charge is -2.24. The topological polar surface area (TPSA) is 51.1 Å². The second-order valence-corrected chi connectivity index (χ2v) is 5.82. The van der Waals surface area contributed by atoms with E-state index in [2.05, 4.69) is 29.3 Å². The molecule has 0 atom stereocenters. The molecule has 0 fully saturated rings. The summed E-state index contributed by atoms with van der Waals surface area (Å²) in [6.07, 6.45) is 0. The van der Waals surface area contributed by atoms with Gasteiger partial charge in [-0.3, -0.25) is 4.79 Å². The van der Waals surface area contributed by atoms with E-state index >= 15 is 0 Å². The van der Waals surface area contributed by atoms with Crippen LogP contribution < -0.4 is 0 Å². The van der Waals surface area contributed by atoms with Crippen LogP contribution in [0, 0.1) is 0 Å². The Morgan fingerprint density at radius 3 is 2.12 bits per heavy atom. The van der Waals surface area contributed by atoms with E-state index in [4.69, 9.17) is 9.47 Å². The number of hydrogen-bond donors (Lipinski definition) is 0. The van der Waals surface area contributed by atoms with Gasteiger partial charge >= 0.3 is 0 Å². The van der Waals surface area contributed by atoms with Gasteiger partial charge in [-0.2, -0.15) is 4.99 Å². The molecule has 3 rings (SSSR count). The molecule has 5 nitrogen and oxygen atoms in total. The fourth-order valence-electron chi connectivity index (χ4n) is 3.03. The van der Waals surface area contributed by atoms with Crippen LogP contribution in [0.4, 0.5) is 0 Å². The van der Waals surface area contributed by atoms with Gasteiger partial charge in [-0.05, 0) is 29.2 Å². The molecule has 130 valence electrons. The molecule has 1 heterocycles. The number of carbonyl (C=O) groups is 1. The number of aliphatic imine (C=N–C) groups is 1. The van der Waals surface area contributed by atoms with Crippen molar-refractivity contribution in [3.8, 4) is 11.1 Å². The summed E-state index contributed by atoms with van der Waals surface area (Å²) < 4.78 is 10.6. The number of carbonyl (C=O) groups excluding carboxylic acids is 1. The van der Waals surface area contributed by atoms with E-state index in [0.29, 0.717) is 25.7 Å². The minimum absolute atomic E-state index is 0.0579. The molecule has 0 spiro atoms. The second kappa shape index (κ2) is 7.94. The molecule has 0 radical (unpaired) electrons. The number of hydrogen-bond acceptors (Lipinski definition) is 3. The highest BCUT2D eigenvalue weighted by Crippen LogP contribution is 2.32. The fourth-order valence-corrected chi connectivity index (χ4v) is 3.03. The molecule has 2 aromatic rings. The lowest BCUT2D eigenvalue weighted by molar-refractivity contribution is -0.121. The predicted octanol–water partition coefficient (Wildman–Crippen LogP) is 3.23. The zero-order valence-electron chi connectivity index (χ0n) is 14.6. The van der Waals surface area contributed by atoms with Crippen molar-refractivity contribution < 1.29 is 14.3 Å². The van der Waals surface area contributed by atoms with Gasteiger partial charge < -0.3 is 14.4 Å². The monoisotopic (exact) mass is 338 g/mol. The van der Waals surface area contributed by atoms with E-state index < -0.39 is 0 Å². The van der Waals surface area contributed by atoms with E-state index in [1.165, 1.54) is 29.4 Å². The first-order valence-electron chi connectivity index (χ1n) is 8.37. The summed E-state index contributed by atoms with van der Waals surface area (Å²) in [6, 6.07) is 17.0. The van der Waals surface area contributed by atoms with E-state index in [1.807, 2.05) is 36.1 Å². The molecule has 2 aromatic carbocycles. The summed E-state index contributed by atoms with van der Waals surface area (Å²) in [6.45, 7) is 3.53. The smallest absolute Gasteiger partial charge is 0.295 e. The van der Waals surface area contributed by atoms with Crippen molar-refractivity contribution in [3.05, 3.63) is 59.7 Å². The van der Waals surface area contributed by atoms with Crippen molar-refractivity contribution in [2.24, 2.45) is 4.99 Å². The van der Waals surface area contributed by atoms with Crippen LogP contribution in [-0.4, -0.2) is 37.2 Å². The van der Waals surface area contributed by atoms with Crippen molar-refractivity contribution in [2.45, 2.75) is 20.0 Å². The van der Waals surface area contributed by atoms with Crippen LogP contribution >= 0.6 is 0 Å². The normalized spacial score (nSPS) is 13.7. The Balaban J connectivity index is 2.02. The first kappa shape index (κ1) is 17.2. The zero-order chi connectivity index (χ0) is 17.6. The van der Waals surface area contributed by atoms with Crippen LogP contribution in [0.5, 0.6) is 0 Å². The first-order chi connectivity index (χ1) is 12.2. The van der Waals surface area contributed by atoms with Gasteiger partial charge in [0.2, 0.25) is 0 Å². The Hall–Kier alpha value is -2.66. The quantitative estimate of drug-likeness (QED) is 0.637. The lowest BCUT2D eigenvalue weighted by Crippen LogP contribution is -2.32.